The first kappa shape index (κ1) is 15.3. The molecule has 0 atom stereocenters. The zero-order valence-electron chi connectivity index (χ0n) is 7.29. The first-order valence-corrected chi connectivity index (χ1v) is 4.80. The second kappa shape index (κ2) is 6.83. The molecule has 0 saturated carbocycles. The van der Waals surface area contributed by atoms with Gasteiger partial charge in [0, 0.05) is 6.07 Å². The van der Waals surface area contributed by atoms with Gasteiger partial charge in [-0.2, -0.15) is 0 Å². The smallest absolute Gasteiger partial charge is 0.423 e. The van der Waals surface area contributed by atoms with Gasteiger partial charge in [0.15, 0.2) is 17.5 Å². The standard InChI is InChI=1S/C6H3BF4O2.FN.W/c8-2-1-3(9)5(10)6(11)4(2)7(12)13;1-2;/h1,12-13H;;. The fraction of sp³-hybridized carbons (Fsp3) is 0. The predicted molar refractivity (Wildman–Crippen MR) is 39.6 cm³/mol. The van der Waals surface area contributed by atoms with E-state index in [9.17, 15) is 22.0 Å². The van der Waals surface area contributed by atoms with Crippen LogP contribution in [-0.2, 0) is 19.6 Å². The van der Waals surface area contributed by atoms with Crippen molar-refractivity contribution in [3.63, 3.8) is 0 Å². The number of nitrogens with zero attached hydrogens (tertiary/aromatic N) is 1. The molecule has 0 aliphatic heterocycles. The van der Waals surface area contributed by atoms with Crippen molar-refractivity contribution in [2.24, 2.45) is 3.72 Å². The summed E-state index contributed by atoms with van der Waals surface area (Å²) in [6, 6.07) is 0.0349. The van der Waals surface area contributed by atoms with Gasteiger partial charge in [-0.1, -0.05) is 0 Å². The molecule has 0 bridgehead atoms. The van der Waals surface area contributed by atoms with Gasteiger partial charge in [0.1, 0.15) is 5.82 Å². The third-order valence-corrected chi connectivity index (χ3v) is 1.41. The molecular weight excluding hydrogens is 408 g/mol. The van der Waals surface area contributed by atoms with Crippen LogP contribution in [0.3, 0.4) is 0 Å². The van der Waals surface area contributed by atoms with E-state index in [0.717, 1.165) is 0 Å². The Bertz CT molecular complexity index is 392. The number of hydrogen-bond acceptors (Lipinski definition) is 3. The topological polar surface area (TPSA) is 52.8 Å². The third-order valence-electron chi connectivity index (χ3n) is 1.41. The normalized spacial score (nSPS) is 9.19. The van der Waals surface area contributed by atoms with Crippen LogP contribution < -0.4 is 5.46 Å². The minimum absolute atomic E-state index is 0.0349. The van der Waals surface area contributed by atoms with Crippen molar-refractivity contribution in [1.29, 1.82) is 0 Å². The number of rotatable bonds is 1. The van der Waals surface area contributed by atoms with Crippen LogP contribution in [-0.4, -0.2) is 17.2 Å². The summed E-state index contributed by atoms with van der Waals surface area (Å²) in [5.74, 6) is -7.15. The van der Waals surface area contributed by atoms with Crippen LogP contribution in [0.4, 0.5) is 22.0 Å². The molecule has 0 heterocycles. The van der Waals surface area contributed by atoms with Crippen LogP contribution in [0.1, 0.15) is 0 Å². The molecule has 1 aromatic carbocycles. The molecule has 1 rings (SSSR count). The zero-order chi connectivity index (χ0) is 12.9. The summed E-state index contributed by atoms with van der Waals surface area (Å²) in [6.07, 6.45) is 0. The van der Waals surface area contributed by atoms with E-state index in [1.807, 2.05) is 0 Å². The molecule has 1 aromatic rings. The maximum absolute atomic E-state index is 12.6. The molecule has 0 aliphatic carbocycles. The van der Waals surface area contributed by atoms with Crippen molar-refractivity contribution in [3.8, 4) is 0 Å². The molecule has 0 spiro atoms. The Balaban J connectivity index is 0.000000673. The monoisotopic (exact) mass is 411 g/mol. The maximum Gasteiger partial charge on any atom is 0.494 e. The van der Waals surface area contributed by atoms with Gasteiger partial charge >= 0.3 is 34.9 Å². The Morgan fingerprint density at radius 1 is 1.06 bits per heavy atom. The molecule has 0 amide bonds. The molecular formula is C6H3BF5NO2W. The maximum atomic E-state index is 12.6. The summed E-state index contributed by atoms with van der Waals surface area (Å²) in [5.41, 5.74) is -1.31. The van der Waals surface area contributed by atoms with Crippen molar-refractivity contribution in [1.82, 2.24) is 0 Å². The van der Waals surface area contributed by atoms with E-state index in [-0.39, 0.29) is 6.07 Å². The largest absolute Gasteiger partial charge is 0.494 e. The molecule has 0 saturated heterocycles. The van der Waals surface area contributed by atoms with Gasteiger partial charge in [-0.15, -0.1) is 0 Å². The molecule has 0 unspecified atom stereocenters. The Morgan fingerprint density at radius 2 is 1.50 bits per heavy atom. The molecule has 0 radical (unpaired) electrons. The SMILES string of the molecule is F[N]=[W].OB(O)c1c(F)cc(F)c(F)c1F. The van der Waals surface area contributed by atoms with E-state index in [0.29, 0.717) is 19.6 Å². The first-order valence-electron chi connectivity index (χ1n) is 3.49. The van der Waals surface area contributed by atoms with Crippen LogP contribution in [0.5, 0.6) is 0 Å². The molecule has 2 N–H and O–H groups in total. The minimum atomic E-state index is -2.52. The summed E-state index contributed by atoms with van der Waals surface area (Å²) < 4.78 is 61.9. The van der Waals surface area contributed by atoms with Crippen LogP contribution >= 0.6 is 0 Å². The van der Waals surface area contributed by atoms with Gasteiger partial charge in [-0.25, -0.2) is 17.6 Å². The number of halogens is 5. The van der Waals surface area contributed by atoms with Crippen molar-refractivity contribution < 1.29 is 51.7 Å². The number of hydrogen-bond donors (Lipinski definition) is 2. The van der Waals surface area contributed by atoms with E-state index < -0.39 is 35.9 Å². The third kappa shape index (κ3) is 3.73. The quantitative estimate of drug-likeness (QED) is 0.307. The summed E-state index contributed by atoms with van der Waals surface area (Å²) in [6.45, 7) is 0. The second-order valence-corrected chi connectivity index (χ2v) is 2.82. The van der Waals surface area contributed by atoms with E-state index >= 15 is 0 Å². The van der Waals surface area contributed by atoms with E-state index in [1.165, 1.54) is 0 Å². The number of benzene rings is 1. The predicted octanol–water partition coefficient (Wildman–Crippen LogP) is 0.524. The van der Waals surface area contributed by atoms with Crippen molar-refractivity contribution in [2.45, 2.75) is 0 Å². The molecule has 16 heavy (non-hydrogen) atoms. The van der Waals surface area contributed by atoms with Crippen molar-refractivity contribution in [3.05, 3.63) is 29.3 Å². The van der Waals surface area contributed by atoms with Crippen molar-refractivity contribution >= 4 is 12.6 Å². The van der Waals surface area contributed by atoms with Gasteiger partial charge in [-0.05, 0) is 0 Å². The summed E-state index contributed by atoms with van der Waals surface area (Å²) >= 11 is 0.630. The molecule has 0 aliphatic rings. The van der Waals surface area contributed by atoms with Crippen molar-refractivity contribution in [2.75, 3.05) is 0 Å². The van der Waals surface area contributed by atoms with E-state index in [1.54, 1.807) is 0 Å². The molecule has 0 aromatic heterocycles. The Hall–Kier alpha value is -0.657. The first-order chi connectivity index (χ1) is 7.36. The average Bonchev–Trinajstić information content (AvgIpc) is 2.15. The average molecular weight is 411 g/mol. The Kier molecular flexibility index (Phi) is 6.54. The van der Waals surface area contributed by atoms with Crippen LogP contribution in [0.25, 0.3) is 0 Å². The van der Waals surface area contributed by atoms with Crippen LogP contribution in [0.2, 0.25) is 0 Å². The van der Waals surface area contributed by atoms with E-state index in [2.05, 4.69) is 3.72 Å². The zero-order valence-corrected chi connectivity index (χ0v) is 10.2. The molecule has 0 fully saturated rings. The van der Waals surface area contributed by atoms with E-state index in [4.69, 9.17) is 10.0 Å². The molecule has 88 valence electrons. The Labute approximate surface area is 97.7 Å². The minimum Gasteiger partial charge on any atom is -0.423 e. The summed E-state index contributed by atoms with van der Waals surface area (Å²) in [4.78, 5) is 0. The van der Waals surface area contributed by atoms with Crippen LogP contribution in [0, 0.1) is 23.3 Å². The fourth-order valence-electron chi connectivity index (χ4n) is 0.817. The van der Waals surface area contributed by atoms with Gasteiger partial charge in [0.2, 0.25) is 0 Å². The summed E-state index contributed by atoms with van der Waals surface area (Å²) in [7, 11) is -2.52. The van der Waals surface area contributed by atoms with Crippen LogP contribution in [0.15, 0.2) is 9.78 Å². The fourth-order valence-corrected chi connectivity index (χ4v) is 0.817. The summed E-state index contributed by atoms with van der Waals surface area (Å²) in [5, 5.41) is 16.8. The van der Waals surface area contributed by atoms with Gasteiger partial charge < -0.3 is 10.0 Å². The Morgan fingerprint density at radius 3 is 1.88 bits per heavy atom. The van der Waals surface area contributed by atoms with Gasteiger partial charge in [-0.3, -0.25) is 0 Å². The van der Waals surface area contributed by atoms with Gasteiger partial charge in [0.05, 0.1) is 5.46 Å². The second-order valence-electron chi connectivity index (χ2n) is 2.32. The molecule has 10 heteroatoms. The van der Waals surface area contributed by atoms with Gasteiger partial charge in [0.25, 0.3) is 0 Å². The molecule has 3 nitrogen and oxygen atoms in total.